The van der Waals surface area contributed by atoms with Gasteiger partial charge in [-0.15, -0.1) is 0 Å². The average Bonchev–Trinajstić information content (AvgIpc) is 2.78. The first kappa shape index (κ1) is 23.4. The molecule has 0 radical (unpaired) electrons. The van der Waals surface area contributed by atoms with E-state index in [-0.39, 0.29) is 12.0 Å². The lowest BCUT2D eigenvalue weighted by Crippen LogP contribution is -2.44. The molecule has 5 nitrogen and oxygen atoms in total. The minimum Gasteiger partial charge on any atom is -0.480 e. The standard InChI is InChI=1S/C25H19F3N2O3/c26-25(27,28)20-8-4-7-19(15-20)10-9-17-11-13-21(14-12-17)29-24(33)30-22(23(31)32)16-18-5-2-1-3-6-18/h1-8,11-15,22H,16H2,(H,31,32)(H2,29,30,33). The molecular weight excluding hydrogens is 433 g/mol. The number of anilines is 1. The highest BCUT2D eigenvalue weighted by atomic mass is 19.4. The van der Waals surface area contributed by atoms with Gasteiger partial charge in [-0.05, 0) is 48.0 Å². The summed E-state index contributed by atoms with van der Waals surface area (Å²) in [5.74, 6) is 4.29. The van der Waals surface area contributed by atoms with Crippen LogP contribution in [-0.2, 0) is 17.4 Å². The maximum absolute atomic E-state index is 12.8. The lowest BCUT2D eigenvalue weighted by molar-refractivity contribution is -0.139. The zero-order chi connectivity index (χ0) is 23.8. The van der Waals surface area contributed by atoms with Gasteiger partial charge in [0.25, 0.3) is 0 Å². The second kappa shape index (κ2) is 10.4. The van der Waals surface area contributed by atoms with Crippen molar-refractivity contribution in [3.63, 3.8) is 0 Å². The van der Waals surface area contributed by atoms with E-state index in [1.165, 1.54) is 12.1 Å². The molecule has 3 aromatic rings. The van der Waals surface area contributed by atoms with Gasteiger partial charge in [0.2, 0.25) is 0 Å². The van der Waals surface area contributed by atoms with Crippen molar-refractivity contribution in [3.8, 4) is 11.8 Å². The van der Waals surface area contributed by atoms with Crippen molar-refractivity contribution >= 4 is 17.7 Å². The molecule has 0 saturated carbocycles. The molecule has 0 aromatic heterocycles. The van der Waals surface area contributed by atoms with Crippen molar-refractivity contribution in [2.75, 3.05) is 5.32 Å². The van der Waals surface area contributed by atoms with E-state index in [4.69, 9.17) is 0 Å². The van der Waals surface area contributed by atoms with Gasteiger partial charge in [0, 0.05) is 23.2 Å². The van der Waals surface area contributed by atoms with Crippen molar-refractivity contribution in [3.05, 3.63) is 101 Å². The quantitative estimate of drug-likeness (QED) is 0.481. The van der Waals surface area contributed by atoms with E-state index in [9.17, 15) is 27.9 Å². The van der Waals surface area contributed by atoms with Crippen LogP contribution in [0.4, 0.5) is 23.7 Å². The van der Waals surface area contributed by atoms with Gasteiger partial charge < -0.3 is 15.7 Å². The molecule has 8 heteroatoms. The van der Waals surface area contributed by atoms with E-state index in [2.05, 4.69) is 22.5 Å². The summed E-state index contributed by atoms with van der Waals surface area (Å²) in [5.41, 5.74) is 1.16. The van der Waals surface area contributed by atoms with Crippen molar-refractivity contribution in [1.29, 1.82) is 0 Å². The summed E-state index contributed by atoms with van der Waals surface area (Å²) in [6.45, 7) is 0. The van der Waals surface area contributed by atoms with Gasteiger partial charge in [0.05, 0.1) is 5.56 Å². The molecule has 0 aliphatic carbocycles. The third-order valence-corrected chi connectivity index (χ3v) is 4.57. The molecule has 0 heterocycles. The van der Waals surface area contributed by atoms with Crippen LogP contribution >= 0.6 is 0 Å². The Kier molecular flexibility index (Phi) is 7.36. The third-order valence-electron chi connectivity index (χ3n) is 4.57. The number of carbonyl (C=O) groups is 2. The van der Waals surface area contributed by atoms with Gasteiger partial charge >= 0.3 is 18.2 Å². The lowest BCUT2D eigenvalue weighted by atomic mass is 10.1. The number of halogens is 3. The van der Waals surface area contributed by atoms with E-state index in [1.807, 2.05) is 6.07 Å². The fourth-order valence-corrected chi connectivity index (χ4v) is 2.93. The van der Waals surface area contributed by atoms with Gasteiger partial charge in [-0.2, -0.15) is 13.2 Å². The Labute approximate surface area is 188 Å². The van der Waals surface area contributed by atoms with Gasteiger partial charge in [0.1, 0.15) is 6.04 Å². The number of hydrogen-bond acceptors (Lipinski definition) is 2. The number of carbonyl (C=O) groups excluding carboxylic acids is 1. The van der Waals surface area contributed by atoms with Crippen molar-refractivity contribution in [1.82, 2.24) is 5.32 Å². The fraction of sp³-hybridized carbons (Fsp3) is 0.120. The topological polar surface area (TPSA) is 78.4 Å². The molecule has 0 aliphatic rings. The second-order valence-corrected chi connectivity index (χ2v) is 7.08. The predicted molar refractivity (Wildman–Crippen MR) is 118 cm³/mol. The van der Waals surface area contributed by atoms with Crippen molar-refractivity contribution < 1.29 is 27.9 Å². The number of hydrogen-bond donors (Lipinski definition) is 3. The molecule has 0 bridgehead atoms. The fourth-order valence-electron chi connectivity index (χ4n) is 2.93. The smallest absolute Gasteiger partial charge is 0.416 e. The van der Waals surface area contributed by atoms with Gasteiger partial charge in [0.15, 0.2) is 0 Å². The Morgan fingerprint density at radius 3 is 2.18 bits per heavy atom. The number of benzene rings is 3. The predicted octanol–water partition coefficient (Wildman–Crippen LogP) is 4.92. The molecule has 0 saturated heterocycles. The number of aliphatic carboxylic acids is 1. The van der Waals surface area contributed by atoms with Crippen LogP contribution < -0.4 is 10.6 Å². The SMILES string of the molecule is O=C(Nc1ccc(C#Cc2cccc(C(F)(F)F)c2)cc1)NC(Cc1ccccc1)C(=O)O. The Hall–Kier alpha value is -4.25. The molecule has 3 rings (SSSR count). The monoisotopic (exact) mass is 452 g/mol. The number of amides is 2. The molecule has 168 valence electrons. The molecule has 2 amide bonds. The highest BCUT2D eigenvalue weighted by molar-refractivity contribution is 5.92. The van der Waals surface area contributed by atoms with Gasteiger partial charge in [-0.1, -0.05) is 48.2 Å². The number of carboxylic acid groups (broad SMARTS) is 1. The van der Waals surface area contributed by atoms with Gasteiger partial charge in [-0.3, -0.25) is 0 Å². The Balaban J connectivity index is 1.61. The number of nitrogens with one attached hydrogen (secondary N) is 2. The minimum absolute atomic E-state index is 0.133. The minimum atomic E-state index is -4.44. The van der Waals surface area contributed by atoms with Crippen LogP contribution in [0.15, 0.2) is 78.9 Å². The molecule has 3 N–H and O–H groups in total. The van der Waals surface area contributed by atoms with Crippen LogP contribution in [0.3, 0.4) is 0 Å². The summed E-state index contributed by atoms with van der Waals surface area (Å²) in [5, 5.41) is 14.4. The summed E-state index contributed by atoms with van der Waals surface area (Å²) < 4.78 is 38.4. The second-order valence-electron chi connectivity index (χ2n) is 7.08. The van der Waals surface area contributed by atoms with E-state index in [0.717, 1.165) is 17.7 Å². The number of rotatable bonds is 5. The highest BCUT2D eigenvalue weighted by Crippen LogP contribution is 2.29. The first-order chi connectivity index (χ1) is 15.7. The van der Waals surface area contributed by atoms with Crippen LogP contribution in [0.1, 0.15) is 22.3 Å². The Morgan fingerprint density at radius 1 is 0.879 bits per heavy atom. The zero-order valence-corrected chi connectivity index (χ0v) is 17.2. The van der Waals surface area contributed by atoms with Crippen LogP contribution in [0.2, 0.25) is 0 Å². The third kappa shape index (κ3) is 7.14. The molecule has 33 heavy (non-hydrogen) atoms. The van der Waals surface area contributed by atoms with Crippen molar-refractivity contribution in [2.45, 2.75) is 18.6 Å². The lowest BCUT2D eigenvalue weighted by Gasteiger charge is -2.15. The first-order valence-corrected chi connectivity index (χ1v) is 9.84. The van der Waals surface area contributed by atoms with Crippen LogP contribution in [0.5, 0.6) is 0 Å². The number of carboxylic acids is 1. The van der Waals surface area contributed by atoms with E-state index >= 15 is 0 Å². The van der Waals surface area contributed by atoms with Crippen LogP contribution in [0, 0.1) is 11.8 Å². The molecule has 0 aliphatic heterocycles. The van der Waals surface area contributed by atoms with E-state index < -0.39 is 29.8 Å². The molecule has 0 spiro atoms. The Morgan fingerprint density at radius 2 is 1.55 bits per heavy atom. The maximum atomic E-state index is 12.8. The summed E-state index contributed by atoms with van der Waals surface area (Å²) in [4.78, 5) is 23.7. The largest absolute Gasteiger partial charge is 0.480 e. The molecule has 1 unspecified atom stereocenters. The summed E-state index contributed by atoms with van der Waals surface area (Å²) >= 11 is 0. The van der Waals surface area contributed by atoms with E-state index in [1.54, 1.807) is 48.5 Å². The highest BCUT2D eigenvalue weighted by Gasteiger charge is 2.30. The summed E-state index contributed by atoms with van der Waals surface area (Å²) in [7, 11) is 0. The number of alkyl halides is 3. The van der Waals surface area contributed by atoms with Crippen LogP contribution in [0.25, 0.3) is 0 Å². The van der Waals surface area contributed by atoms with Gasteiger partial charge in [-0.25, -0.2) is 9.59 Å². The number of urea groups is 1. The molecule has 1 atom stereocenters. The zero-order valence-electron chi connectivity index (χ0n) is 17.2. The molecular formula is C25H19F3N2O3. The average molecular weight is 452 g/mol. The summed E-state index contributed by atoms with van der Waals surface area (Å²) in [6.07, 6.45) is -4.31. The molecule has 3 aromatic carbocycles. The van der Waals surface area contributed by atoms with Crippen LogP contribution in [-0.4, -0.2) is 23.1 Å². The normalized spacial score (nSPS) is 11.6. The summed E-state index contributed by atoms with van der Waals surface area (Å²) in [6, 6.07) is 18.2. The maximum Gasteiger partial charge on any atom is 0.416 e. The first-order valence-electron chi connectivity index (χ1n) is 9.84. The van der Waals surface area contributed by atoms with Crippen molar-refractivity contribution in [2.24, 2.45) is 0 Å². The Bertz CT molecular complexity index is 1180. The molecule has 0 fully saturated rings. The van der Waals surface area contributed by atoms with E-state index in [0.29, 0.717) is 11.3 Å².